The van der Waals surface area contributed by atoms with Crippen LogP contribution in [0, 0.1) is 12.3 Å². The van der Waals surface area contributed by atoms with Crippen molar-refractivity contribution in [2.75, 3.05) is 0 Å². The average Bonchev–Trinajstić information content (AvgIpc) is 2.69. The predicted octanol–water partition coefficient (Wildman–Crippen LogP) is 3.35. The van der Waals surface area contributed by atoms with E-state index in [1.54, 1.807) is 11.3 Å². The van der Waals surface area contributed by atoms with Crippen LogP contribution in [0.1, 0.15) is 24.5 Å². The first-order chi connectivity index (χ1) is 7.33. The predicted molar refractivity (Wildman–Crippen MR) is 64.9 cm³/mol. The van der Waals surface area contributed by atoms with Gasteiger partial charge in [0.2, 0.25) is 0 Å². The van der Waals surface area contributed by atoms with Crippen molar-refractivity contribution in [1.29, 1.82) is 0 Å². The molecule has 0 saturated carbocycles. The van der Waals surface area contributed by atoms with Gasteiger partial charge in [0.05, 0.1) is 6.10 Å². The zero-order valence-electron chi connectivity index (χ0n) is 8.31. The van der Waals surface area contributed by atoms with Crippen molar-refractivity contribution in [3.05, 3.63) is 35.2 Å². The minimum absolute atomic E-state index is 0.433. The van der Waals surface area contributed by atoms with E-state index in [4.69, 9.17) is 6.42 Å². The molecule has 0 saturated heterocycles. The summed E-state index contributed by atoms with van der Waals surface area (Å²) in [5.74, 6) is 2.55. The molecule has 2 heteroatoms. The molecular weight excluding hydrogens is 204 g/mol. The van der Waals surface area contributed by atoms with Crippen LogP contribution in [0.15, 0.2) is 29.6 Å². The Morgan fingerprint density at radius 1 is 1.40 bits per heavy atom. The van der Waals surface area contributed by atoms with Gasteiger partial charge < -0.3 is 5.11 Å². The Morgan fingerprint density at radius 3 is 3.00 bits per heavy atom. The van der Waals surface area contributed by atoms with Gasteiger partial charge in [-0.25, -0.2) is 0 Å². The quantitative estimate of drug-likeness (QED) is 0.780. The molecule has 0 bridgehead atoms. The van der Waals surface area contributed by atoms with Crippen LogP contribution in [0.25, 0.3) is 10.1 Å². The van der Waals surface area contributed by atoms with Crippen LogP contribution in [-0.2, 0) is 0 Å². The Hall–Kier alpha value is -1.30. The molecule has 0 aliphatic heterocycles. The zero-order chi connectivity index (χ0) is 10.7. The van der Waals surface area contributed by atoms with E-state index in [-0.39, 0.29) is 0 Å². The number of rotatable bonds is 3. The fourth-order valence-corrected chi connectivity index (χ4v) is 2.64. The van der Waals surface area contributed by atoms with Gasteiger partial charge in [0.15, 0.2) is 0 Å². The number of aliphatic hydroxyl groups excluding tert-OH is 1. The standard InChI is InChI=1S/C13H12OS/c1-2-3-7-12(14)11-9-15-13-8-5-4-6-10(11)13/h1,4-6,8-9,12,14H,3,7H2. The monoisotopic (exact) mass is 216 g/mol. The van der Waals surface area contributed by atoms with Crippen LogP contribution in [0.5, 0.6) is 0 Å². The topological polar surface area (TPSA) is 20.2 Å². The summed E-state index contributed by atoms with van der Waals surface area (Å²) < 4.78 is 1.22. The van der Waals surface area contributed by atoms with Gasteiger partial charge in [-0.1, -0.05) is 18.2 Å². The molecule has 76 valence electrons. The number of benzene rings is 1. The van der Waals surface area contributed by atoms with Gasteiger partial charge in [-0.3, -0.25) is 0 Å². The van der Waals surface area contributed by atoms with Crippen LogP contribution < -0.4 is 0 Å². The summed E-state index contributed by atoms with van der Waals surface area (Å²) in [7, 11) is 0. The second-order valence-corrected chi connectivity index (χ2v) is 4.36. The van der Waals surface area contributed by atoms with Gasteiger partial charge >= 0.3 is 0 Å². The first kappa shape index (κ1) is 10.2. The summed E-state index contributed by atoms with van der Waals surface area (Å²) in [5, 5.41) is 13.1. The van der Waals surface area contributed by atoms with Crippen molar-refractivity contribution in [3.63, 3.8) is 0 Å². The molecule has 0 aliphatic carbocycles. The number of fused-ring (bicyclic) bond motifs is 1. The maximum absolute atomic E-state index is 9.95. The fourth-order valence-electron chi connectivity index (χ4n) is 1.63. The highest BCUT2D eigenvalue weighted by Gasteiger charge is 2.11. The lowest BCUT2D eigenvalue weighted by Gasteiger charge is -2.07. The Balaban J connectivity index is 2.32. The molecule has 2 rings (SSSR count). The number of terminal acetylenes is 1. The van der Waals surface area contributed by atoms with Crippen LogP contribution in [0.3, 0.4) is 0 Å². The second-order valence-electron chi connectivity index (χ2n) is 3.45. The number of aliphatic hydroxyl groups is 1. The van der Waals surface area contributed by atoms with Gasteiger partial charge in [-0.05, 0) is 28.8 Å². The summed E-state index contributed by atoms with van der Waals surface area (Å²) in [6.45, 7) is 0. The van der Waals surface area contributed by atoms with E-state index in [0.717, 1.165) is 10.9 Å². The fraction of sp³-hybridized carbons (Fsp3) is 0.231. The van der Waals surface area contributed by atoms with Crippen molar-refractivity contribution in [3.8, 4) is 12.3 Å². The molecule has 0 spiro atoms. The van der Waals surface area contributed by atoms with E-state index in [0.29, 0.717) is 12.8 Å². The largest absolute Gasteiger partial charge is 0.388 e. The lowest BCUT2D eigenvalue weighted by Crippen LogP contribution is -1.95. The molecule has 0 radical (unpaired) electrons. The third kappa shape index (κ3) is 2.04. The summed E-state index contributed by atoms with van der Waals surface area (Å²) in [6.07, 6.45) is 6.00. The molecule has 1 heterocycles. The van der Waals surface area contributed by atoms with Crippen LogP contribution in [-0.4, -0.2) is 5.11 Å². The molecule has 1 N–H and O–H groups in total. The van der Waals surface area contributed by atoms with Crippen LogP contribution >= 0.6 is 11.3 Å². The summed E-state index contributed by atoms with van der Waals surface area (Å²) in [5.41, 5.74) is 1.01. The average molecular weight is 216 g/mol. The van der Waals surface area contributed by atoms with Crippen molar-refractivity contribution in [1.82, 2.24) is 0 Å². The molecule has 15 heavy (non-hydrogen) atoms. The van der Waals surface area contributed by atoms with E-state index in [2.05, 4.69) is 12.0 Å². The second kappa shape index (κ2) is 4.48. The molecule has 1 aromatic heterocycles. The zero-order valence-corrected chi connectivity index (χ0v) is 9.13. The highest BCUT2D eigenvalue weighted by Crippen LogP contribution is 2.31. The van der Waals surface area contributed by atoms with E-state index >= 15 is 0 Å². The van der Waals surface area contributed by atoms with Gasteiger partial charge in [-0.2, -0.15) is 0 Å². The molecule has 2 aromatic rings. The van der Waals surface area contributed by atoms with Crippen LogP contribution in [0.4, 0.5) is 0 Å². The van der Waals surface area contributed by atoms with Gasteiger partial charge in [0.1, 0.15) is 0 Å². The summed E-state index contributed by atoms with van der Waals surface area (Å²) in [4.78, 5) is 0. The van der Waals surface area contributed by atoms with Crippen molar-refractivity contribution >= 4 is 21.4 Å². The lowest BCUT2D eigenvalue weighted by atomic mass is 10.0. The Kier molecular flexibility index (Phi) is 3.05. The van der Waals surface area contributed by atoms with E-state index in [1.807, 2.05) is 23.6 Å². The number of thiophene rings is 1. The molecule has 0 fully saturated rings. The molecule has 1 unspecified atom stereocenters. The first-order valence-electron chi connectivity index (χ1n) is 4.90. The highest BCUT2D eigenvalue weighted by molar-refractivity contribution is 7.17. The smallest absolute Gasteiger partial charge is 0.0813 e. The van der Waals surface area contributed by atoms with Crippen molar-refractivity contribution < 1.29 is 5.11 Å². The normalized spacial score (nSPS) is 12.5. The van der Waals surface area contributed by atoms with Gasteiger partial charge in [0, 0.05) is 11.1 Å². The molecule has 0 amide bonds. The minimum atomic E-state index is -0.433. The third-order valence-electron chi connectivity index (χ3n) is 2.43. The van der Waals surface area contributed by atoms with E-state index in [1.165, 1.54) is 4.70 Å². The van der Waals surface area contributed by atoms with Crippen LogP contribution in [0.2, 0.25) is 0 Å². The molecule has 1 nitrogen and oxygen atoms in total. The number of hydrogen-bond acceptors (Lipinski definition) is 2. The van der Waals surface area contributed by atoms with Gasteiger partial charge in [0.25, 0.3) is 0 Å². The molecular formula is C13H12OS. The van der Waals surface area contributed by atoms with E-state index < -0.39 is 6.10 Å². The SMILES string of the molecule is C#CCCC(O)c1csc2ccccc12. The molecule has 1 aromatic carbocycles. The van der Waals surface area contributed by atoms with Gasteiger partial charge in [-0.15, -0.1) is 23.7 Å². The Bertz CT molecular complexity index is 492. The summed E-state index contributed by atoms with van der Waals surface area (Å²) >= 11 is 1.66. The lowest BCUT2D eigenvalue weighted by molar-refractivity contribution is 0.171. The molecule has 0 aliphatic rings. The minimum Gasteiger partial charge on any atom is -0.388 e. The Morgan fingerprint density at radius 2 is 2.20 bits per heavy atom. The maximum Gasteiger partial charge on any atom is 0.0813 e. The summed E-state index contributed by atoms with van der Waals surface area (Å²) in [6, 6.07) is 8.11. The number of hydrogen-bond donors (Lipinski definition) is 1. The van der Waals surface area contributed by atoms with Crippen molar-refractivity contribution in [2.45, 2.75) is 18.9 Å². The highest BCUT2D eigenvalue weighted by atomic mass is 32.1. The Labute approximate surface area is 93.4 Å². The first-order valence-corrected chi connectivity index (χ1v) is 5.78. The third-order valence-corrected chi connectivity index (χ3v) is 3.41. The van der Waals surface area contributed by atoms with E-state index in [9.17, 15) is 5.11 Å². The molecule has 1 atom stereocenters. The van der Waals surface area contributed by atoms with Crippen molar-refractivity contribution in [2.24, 2.45) is 0 Å². The maximum atomic E-state index is 9.95.